The summed E-state index contributed by atoms with van der Waals surface area (Å²) in [4.78, 5) is 52.5. The number of Topliss-reactive ketones (excluding diaryl/α,β-unsaturated/α-hetero) is 1. The Morgan fingerprint density at radius 2 is 1.60 bits per heavy atom. The number of rotatable bonds is 7. The van der Waals surface area contributed by atoms with Crippen LogP contribution in [-0.4, -0.2) is 66.2 Å². The maximum atomic E-state index is 12.3. The van der Waals surface area contributed by atoms with E-state index < -0.39 is 5.97 Å². The number of hydrogen-bond donors (Lipinski definition) is 0. The number of hydrogen-bond acceptors (Lipinski definition) is 6. The molecule has 1 saturated heterocycles. The summed E-state index contributed by atoms with van der Waals surface area (Å²) in [6.07, 6.45) is -0.101. The summed E-state index contributed by atoms with van der Waals surface area (Å²) in [5.74, 6) is -1.14. The average molecular weight is 449 g/mol. The lowest BCUT2D eigenvalue weighted by Crippen LogP contribution is -2.51. The van der Waals surface area contributed by atoms with Gasteiger partial charge in [0.05, 0.1) is 11.3 Å². The van der Waals surface area contributed by atoms with Crippen molar-refractivity contribution in [3.63, 3.8) is 0 Å². The molecule has 1 aromatic carbocycles. The topological polar surface area (TPSA) is 84.0 Å². The fourth-order valence-corrected chi connectivity index (χ4v) is 3.83. The first-order chi connectivity index (χ1) is 14.4. The van der Waals surface area contributed by atoms with Crippen molar-refractivity contribution in [2.75, 3.05) is 32.8 Å². The molecule has 1 aliphatic rings. The van der Waals surface area contributed by atoms with E-state index >= 15 is 0 Å². The van der Waals surface area contributed by atoms with Crippen LogP contribution < -0.4 is 0 Å². The highest BCUT2D eigenvalue weighted by Gasteiger charge is 2.25. The van der Waals surface area contributed by atoms with Gasteiger partial charge in [0.15, 0.2) is 12.4 Å². The molecule has 0 atom stereocenters. The first-order valence-corrected chi connectivity index (χ1v) is 10.7. The molecule has 0 N–H and O–H groups in total. The molecule has 0 saturated carbocycles. The Bertz CT molecular complexity index is 906. The molecule has 2 aromatic rings. The highest BCUT2D eigenvalue weighted by atomic mass is 35.5. The second-order valence-corrected chi connectivity index (χ2v) is 8.13. The molecule has 7 nitrogen and oxygen atoms in total. The van der Waals surface area contributed by atoms with Crippen LogP contribution in [0.4, 0.5) is 0 Å². The summed E-state index contributed by atoms with van der Waals surface area (Å²) < 4.78 is 5.01. The number of carbonyl (C=O) groups excluding carboxylic acids is 4. The molecule has 1 aliphatic heterocycles. The van der Waals surface area contributed by atoms with Crippen molar-refractivity contribution in [1.29, 1.82) is 0 Å². The zero-order valence-corrected chi connectivity index (χ0v) is 17.8. The maximum absolute atomic E-state index is 12.3. The predicted octanol–water partition coefficient (Wildman–Crippen LogP) is 2.89. The van der Waals surface area contributed by atoms with E-state index in [2.05, 4.69) is 0 Å². The van der Waals surface area contributed by atoms with Gasteiger partial charge in [-0.1, -0.05) is 17.7 Å². The lowest BCUT2D eigenvalue weighted by molar-refractivity contribution is -0.152. The van der Waals surface area contributed by atoms with Gasteiger partial charge in [0.1, 0.15) is 0 Å². The van der Waals surface area contributed by atoms with Crippen LogP contribution in [-0.2, 0) is 14.3 Å². The molecule has 0 unspecified atom stereocenters. The molecule has 3 rings (SSSR count). The van der Waals surface area contributed by atoms with E-state index in [0.717, 1.165) is 0 Å². The Balaban J connectivity index is 1.36. The normalized spacial score (nSPS) is 13.8. The number of halogens is 1. The summed E-state index contributed by atoms with van der Waals surface area (Å²) >= 11 is 7.18. The third-order valence-corrected chi connectivity index (χ3v) is 5.84. The van der Waals surface area contributed by atoms with Crippen LogP contribution in [0.1, 0.15) is 32.9 Å². The van der Waals surface area contributed by atoms with E-state index in [1.807, 2.05) is 11.4 Å². The van der Waals surface area contributed by atoms with Gasteiger partial charge in [-0.25, -0.2) is 0 Å². The third-order valence-electron chi connectivity index (χ3n) is 4.73. The number of ketones is 1. The zero-order chi connectivity index (χ0) is 21.5. The number of carbonyl (C=O) groups is 4. The number of thiophene rings is 1. The Morgan fingerprint density at radius 3 is 2.23 bits per heavy atom. The summed E-state index contributed by atoms with van der Waals surface area (Å²) in [6, 6.07) is 10.0. The van der Waals surface area contributed by atoms with Crippen molar-refractivity contribution in [2.45, 2.75) is 12.8 Å². The van der Waals surface area contributed by atoms with Gasteiger partial charge in [0.25, 0.3) is 11.8 Å². The maximum Gasteiger partial charge on any atom is 0.306 e. The molecule has 2 heterocycles. The minimum Gasteiger partial charge on any atom is -0.456 e. The highest BCUT2D eigenvalue weighted by Crippen LogP contribution is 2.14. The molecule has 158 valence electrons. The molecule has 9 heteroatoms. The van der Waals surface area contributed by atoms with Crippen LogP contribution in [0.5, 0.6) is 0 Å². The van der Waals surface area contributed by atoms with Crippen LogP contribution in [0, 0.1) is 0 Å². The van der Waals surface area contributed by atoms with Gasteiger partial charge < -0.3 is 14.5 Å². The zero-order valence-electron chi connectivity index (χ0n) is 16.2. The van der Waals surface area contributed by atoms with E-state index in [1.54, 1.807) is 40.1 Å². The van der Waals surface area contributed by atoms with Crippen molar-refractivity contribution in [1.82, 2.24) is 9.80 Å². The van der Waals surface area contributed by atoms with Crippen LogP contribution in [0.25, 0.3) is 0 Å². The van der Waals surface area contributed by atoms with E-state index in [4.69, 9.17) is 16.3 Å². The lowest BCUT2D eigenvalue weighted by Gasteiger charge is -2.34. The van der Waals surface area contributed by atoms with Gasteiger partial charge in [-0.15, -0.1) is 11.3 Å². The van der Waals surface area contributed by atoms with E-state index in [0.29, 0.717) is 41.6 Å². The molecule has 0 aliphatic carbocycles. The van der Waals surface area contributed by atoms with E-state index in [1.165, 1.54) is 11.3 Å². The van der Waals surface area contributed by atoms with Crippen molar-refractivity contribution >= 4 is 46.5 Å². The van der Waals surface area contributed by atoms with Crippen LogP contribution >= 0.6 is 22.9 Å². The summed E-state index contributed by atoms with van der Waals surface area (Å²) in [5, 5.41) is 2.38. The van der Waals surface area contributed by atoms with Crippen molar-refractivity contribution in [3.05, 3.63) is 57.2 Å². The molecular formula is C21H21ClN2O5S. The standard InChI is InChI=1S/C21H21ClN2O5S/c22-16-5-3-15(4-6-16)17(25)7-8-20(27)29-14-19(26)23-9-11-24(12-10-23)21(28)18-2-1-13-30-18/h1-6,13H,7-12,14H2. The monoisotopic (exact) mass is 448 g/mol. The molecule has 1 aromatic heterocycles. The van der Waals surface area contributed by atoms with Gasteiger partial charge in [-0.3, -0.25) is 19.2 Å². The number of benzene rings is 1. The van der Waals surface area contributed by atoms with Gasteiger partial charge in [-0.2, -0.15) is 0 Å². The molecule has 0 bridgehead atoms. The molecule has 0 radical (unpaired) electrons. The molecule has 1 fully saturated rings. The van der Waals surface area contributed by atoms with Crippen LogP contribution in [0.3, 0.4) is 0 Å². The Labute approximate surface area is 183 Å². The predicted molar refractivity (Wildman–Crippen MR) is 113 cm³/mol. The third kappa shape index (κ3) is 5.90. The summed E-state index contributed by atoms with van der Waals surface area (Å²) in [7, 11) is 0. The van der Waals surface area contributed by atoms with Crippen LogP contribution in [0.15, 0.2) is 41.8 Å². The van der Waals surface area contributed by atoms with E-state index in [9.17, 15) is 19.2 Å². The fraction of sp³-hybridized carbons (Fsp3) is 0.333. The highest BCUT2D eigenvalue weighted by molar-refractivity contribution is 7.12. The number of piperazine rings is 1. The lowest BCUT2D eigenvalue weighted by atomic mass is 10.1. The minimum atomic E-state index is -0.600. The molecular weight excluding hydrogens is 428 g/mol. The average Bonchev–Trinajstić information content (AvgIpc) is 3.31. The van der Waals surface area contributed by atoms with Gasteiger partial charge in [0.2, 0.25) is 0 Å². The summed E-state index contributed by atoms with van der Waals surface area (Å²) in [5.41, 5.74) is 0.471. The molecule has 2 amide bonds. The Morgan fingerprint density at radius 1 is 0.933 bits per heavy atom. The number of esters is 1. The first-order valence-electron chi connectivity index (χ1n) is 9.49. The smallest absolute Gasteiger partial charge is 0.306 e. The largest absolute Gasteiger partial charge is 0.456 e. The summed E-state index contributed by atoms with van der Waals surface area (Å²) in [6.45, 7) is 1.29. The molecule has 0 spiro atoms. The number of ether oxygens (including phenoxy) is 1. The number of amides is 2. The van der Waals surface area contributed by atoms with Gasteiger partial charge >= 0.3 is 5.97 Å². The second-order valence-electron chi connectivity index (χ2n) is 6.74. The van der Waals surface area contributed by atoms with Gasteiger partial charge in [0, 0.05) is 43.2 Å². The van der Waals surface area contributed by atoms with Crippen molar-refractivity contribution < 1.29 is 23.9 Å². The Kier molecular flexibility index (Phi) is 7.59. The minimum absolute atomic E-state index is 0.00182. The second kappa shape index (κ2) is 10.4. The molecule has 30 heavy (non-hydrogen) atoms. The van der Waals surface area contributed by atoms with Gasteiger partial charge in [-0.05, 0) is 35.7 Å². The van der Waals surface area contributed by atoms with Crippen LogP contribution in [0.2, 0.25) is 5.02 Å². The Hall–Kier alpha value is -2.71. The quantitative estimate of drug-likeness (QED) is 0.480. The SMILES string of the molecule is O=C(CCC(=O)c1ccc(Cl)cc1)OCC(=O)N1CCN(C(=O)c2cccs2)CC1. The fourth-order valence-electron chi connectivity index (χ4n) is 3.02. The van der Waals surface area contributed by atoms with E-state index in [-0.39, 0.29) is 37.0 Å². The first kappa shape index (κ1) is 22.0. The number of nitrogens with zero attached hydrogens (tertiary/aromatic N) is 2. The van der Waals surface area contributed by atoms with Crippen molar-refractivity contribution in [3.8, 4) is 0 Å². The van der Waals surface area contributed by atoms with Crippen molar-refractivity contribution in [2.24, 2.45) is 0 Å².